The normalized spacial score (nSPS) is 23.1. The average molecular weight is 264 g/mol. The van der Waals surface area contributed by atoms with Gasteiger partial charge in [-0.2, -0.15) is 0 Å². The van der Waals surface area contributed by atoms with Crippen LogP contribution in [0.5, 0.6) is 0 Å². The Labute approximate surface area is 112 Å². The molecule has 1 aromatic carbocycles. The number of aliphatic hydroxyl groups excluding tert-OH is 1. The maximum Gasteiger partial charge on any atom is 0.274 e. The SMILES string of the molecule is Cc1c(NC2CCCCC2CO)cccc1[N+](=O)[O-]. The number of nitro benzene ring substituents is 1. The largest absolute Gasteiger partial charge is 0.396 e. The molecule has 19 heavy (non-hydrogen) atoms. The van der Waals surface area contributed by atoms with Gasteiger partial charge in [0.25, 0.3) is 5.69 Å². The number of hydrogen-bond donors (Lipinski definition) is 2. The third-order valence-corrected chi connectivity index (χ3v) is 3.99. The van der Waals surface area contributed by atoms with Gasteiger partial charge in [-0.15, -0.1) is 0 Å². The lowest BCUT2D eigenvalue weighted by atomic mass is 9.85. The minimum atomic E-state index is -0.356. The van der Waals surface area contributed by atoms with Crippen molar-refractivity contribution in [3.05, 3.63) is 33.9 Å². The molecule has 0 aromatic heterocycles. The molecular formula is C14H20N2O3. The quantitative estimate of drug-likeness (QED) is 0.647. The minimum absolute atomic E-state index is 0.140. The van der Waals surface area contributed by atoms with Crippen LogP contribution in [0.2, 0.25) is 0 Å². The number of benzene rings is 1. The molecule has 1 fully saturated rings. The van der Waals surface area contributed by atoms with Gasteiger partial charge in [0.1, 0.15) is 0 Å². The van der Waals surface area contributed by atoms with Crippen molar-refractivity contribution in [2.75, 3.05) is 11.9 Å². The minimum Gasteiger partial charge on any atom is -0.396 e. The highest BCUT2D eigenvalue weighted by molar-refractivity contribution is 5.60. The Morgan fingerprint density at radius 3 is 2.84 bits per heavy atom. The molecule has 0 radical (unpaired) electrons. The number of rotatable bonds is 4. The Morgan fingerprint density at radius 1 is 1.42 bits per heavy atom. The molecule has 104 valence electrons. The molecule has 2 N–H and O–H groups in total. The van der Waals surface area contributed by atoms with Crippen LogP contribution in [0.15, 0.2) is 18.2 Å². The molecule has 2 unspecified atom stereocenters. The van der Waals surface area contributed by atoms with Gasteiger partial charge in [-0.3, -0.25) is 10.1 Å². The summed E-state index contributed by atoms with van der Waals surface area (Å²) in [7, 11) is 0. The second-order valence-corrected chi connectivity index (χ2v) is 5.18. The Kier molecular flexibility index (Phi) is 4.37. The molecule has 2 rings (SSSR count). The van der Waals surface area contributed by atoms with Crippen molar-refractivity contribution in [2.45, 2.75) is 38.6 Å². The molecule has 1 aliphatic rings. The lowest BCUT2D eigenvalue weighted by Crippen LogP contribution is -2.34. The van der Waals surface area contributed by atoms with Crippen LogP contribution in [0.4, 0.5) is 11.4 Å². The van der Waals surface area contributed by atoms with Crippen LogP contribution in [0.25, 0.3) is 0 Å². The molecular weight excluding hydrogens is 244 g/mol. The van der Waals surface area contributed by atoms with Gasteiger partial charge >= 0.3 is 0 Å². The number of nitrogens with one attached hydrogen (secondary N) is 1. The third-order valence-electron chi connectivity index (χ3n) is 3.99. The second kappa shape index (κ2) is 6.02. The maximum absolute atomic E-state index is 10.9. The summed E-state index contributed by atoms with van der Waals surface area (Å²) < 4.78 is 0. The molecule has 0 heterocycles. The Hall–Kier alpha value is -1.62. The number of nitro groups is 1. The number of aliphatic hydroxyl groups is 1. The van der Waals surface area contributed by atoms with Gasteiger partial charge in [0.2, 0.25) is 0 Å². The summed E-state index contributed by atoms with van der Waals surface area (Å²) in [6.07, 6.45) is 4.31. The highest BCUT2D eigenvalue weighted by atomic mass is 16.6. The first-order valence-electron chi connectivity index (χ1n) is 6.75. The Balaban J connectivity index is 2.18. The molecule has 2 atom stereocenters. The van der Waals surface area contributed by atoms with Gasteiger partial charge < -0.3 is 10.4 Å². The highest BCUT2D eigenvalue weighted by Gasteiger charge is 2.25. The van der Waals surface area contributed by atoms with E-state index in [1.807, 2.05) is 6.07 Å². The number of nitrogens with zero attached hydrogens (tertiary/aromatic N) is 1. The standard InChI is InChI=1S/C14H20N2O3/c1-10-12(7-4-8-14(10)16(18)19)15-13-6-3-2-5-11(13)9-17/h4,7-8,11,13,15,17H,2-3,5-6,9H2,1H3. The fourth-order valence-corrected chi connectivity index (χ4v) is 2.79. The van der Waals surface area contributed by atoms with E-state index in [9.17, 15) is 15.2 Å². The molecule has 0 saturated heterocycles. The van der Waals surface area contributed by atoms with Crippen molar-refractivity contribution >= 4 is 11.4 Å². The van der Waals surface area contributed by atoms with Crippen LogP contribution in [-0.2, 0) is 0 Å². The van der Waals surface area contributed by atoms with E-state index in [4.69, 9.17) is 0 Å². The van der Waals surface area contributed by atoms with Crippen molar-refractivity contribution in [1.82, 2.24) is 0 Å². The fraction of sp³-hybridized carbons (Fsp3) is 0.571. The van der Waals surface area contributed by atoms with Crippen molar-refractivity contribution in [3.63, 3.8) is 0 Å². The number of hydrogen-bond acceptors (Lipinski definition) is 4. The van der Waals surface area contributed by atoms with Gasteiger partial charge in [0.05, 0.1) is 4.92 Å². The summed E-state index contributed by atoms with van der Waals surface area (Å²) in [6, 6.07) is 5.29. The molecule has 0 amide bonds. The number of anilines is 1. The van der Waals surface area contributed by atoms with E-state index in [0.717, 1.165) is 31.4 Å². The molecule has 0 aliphatic heterocycles. The molecule has 0 spiro atoms. The van der Waals surface area contributed by atoms with Crippen LogP contribution in [0.3, 0.4) is 0 Å². The molecule has 0 bridgehead atoms. The summed E-state index contributed by atoms with van der Waals surface area (Å²) in [5.74, 6) is 0.243. The maximum atomic E-state index is 10.9. The van der Waals surface area contributed by atoms with E-state index in [1.165, 1.54) is 6.07 Å². The van der Waals surface area contributed by atoms with E-state index < -0.39 is 0 Å². The molecule has 1 saturated carbocycles. The Bertz CT molecular complexity index is 462. The van der Waals surface area contributed by atoms with E-state index in [1.54, 1.807) is 13.0 Å². The molecule has 5 heteroatoms. The summed E-state index contributed by atoms with van der Waals surface area (Å²) >= 11 is 0. The van der Waals surface area contributed by atoms with E-state index >= 15 is 0 Å². The summed E-state index contributed by atoms with van der Waals surface area (Å²) in [5.41, 5.74) is 1.61. The molecule has 5 nitrogen and oxygen atoms in total. The fourth-order valence-electron chi connectivity index (χ4n) is 2.79. The first-order chi connectivity index (χ1) is 9.13. The predicted molar refractivity (Wildman–Crippen MR) is 74.3 cm³/mol. The van der Waals surface area contributed by atoms with Crippen LogP contribution in [0, 0.1) is 23.0 Å². The zero-order chi connectivity index (χ0) is 13.8. The lowest BCUT2D eigenvalue weighted by molar-refractivity contribution is -0.385. The topological polar surface area (TPSA) is 75.4 Å². The van der Waals surface area contributed by atoms with Gasteiger partial charge in [-0.25, -0.2) is 0 Å². The van der Waals surface area contributed by atoms with Crippen molar-refractivity contribution in [3.8, 4) is 0 Å². The van der Waals surface area contributed by atoms with Crippen LogP contribution >= 0.6 is 0 Å². The smallest absolute Gasteiger partial charge is 0.274 e. The highest BCUT2D eigenvalue weighted by Crippen LogP contribution is 2.30. The van der Waals surface area contributed by atoms with Crippen LogP contribution in [0.1, 0.15) is 31.2 Å². The first kappa shape index (κ1) is 13.8. The molecule has 1 aromatic rings. The van der Waals surface area contributed by atoms with Gasteiger partial charge in [-0.1, -0.05) is 18.9 Å². The van der Waals surface area contributed by atoms with Crippen LogP contribution in [-0.4, -0.2) is 22.7 Å². The van der Waals surface area contributed by atoms with Gasteiger partial charge in [-0.05, 0) is 25.8 Å². The summed E-state index contributed by atoms with van der Waals surface area (Å²) in [4.78, 5) is 10.6. The summed E-state index contributed by atoms with van der Waals surface area (Å²) in [6.45, 7) is 1.93. The first-order valence-corrected chi connectivity index (χ1v) is 6.75. The zero-order valence-electron chi connectivity index (χ0n) is 11.1. The van der Waals surface area contributed by atoms with Gasteiger partial charge in [0.15, 0.2) is 0 Å². The van der Waals surface area contributed by atoms with E-state index in [-0.39, 0.29) is 29.2 Å². The van der Waals surface area contributed by atoms with E-state index in [2.05, 4.69) is 5.32 Å². The predicted octanol–water partition coefficient (Wildman–Crippen LogP) is 2.87. The summed E-state index contributed by atoms with van der Waals surface area (Å²) in [5, 5.41) is 23.7. The average Bonchev–Trinajstić information content (AvgIpc) is 2.41. The Morgan fingerprint density at radius 2 is 2.16 bits per heavy atom. The molecule has 1 aliphatic carbocycles. The van der Waals surface area contributed by atoms with Crippen molar-refractivity contribution < 1.29 is 10.0 Å². The van der Waals surface area contributed by atoms with Crippen molar-refractivity contribution in [1.29, 1.82) is 0 Å². The zero-order valence-corrected chi connectivity index (χ0v) is 11.1. The lowest BCUT2D eigenvalue weighted by Gasteiger charge is -2.32. The monoisotopic (exact) mass is 264 g/mol. The van der Waals surface area contributed by atoms with Gasteiger partial charge in [0, 0.05) is 35.9 Å². The van der Waals surface area contributed by atoms with Crippen LogP contribution < -0.4 is 5.32 Å². The second-order valence-electron chi connectivity index (χ2n) is 5.18. The van der Waals surface area contributed by atoms with E-state index in [0.29, 0.717) is 5.56 Å². The third kappa shape index (κ3) is 3.04. The van der Waals surface area contributed by atoms with Crippen molar-refractivity contribution in [2.24, 2.45) is 5.92 Å².